The topological polar surface area (TPSA) is 131 Å². The molecule has 1 aliphatic rings. The first-order chi connectivity index (χ1) is 18.8. The number of nitrogens with one attached hydrogen (secondary N) is 1. The number of fused-ring (bicyclic) bond motifs is 3. The Bertz CT molecular complexity index is 1570. The molecule has 0 amide bonds. The number of nitrogens with zero attached hydrogens (tertiary/aromatic N) is 5. The molecule has 0 aromatic carbocycles. The molecule has 0 atom stereocenters. The van der Waals surface area contributed by atoms with E-state index in [0.717, 1.165) is 42.7 Å². The lowest BCUT2D eigenvalue weighted by Crippen LogP contribution is -2.21. The van der Waals surface area contributed by atoms with Gasteiger partial charge < -0.3 is 25.6 Å². The molecule has 0 bridgehead atoms. The zero-order valence-electron chi connectivity index (χ0n) is 22.8. The molecule has 4 rings (SSSR count). The van der Waals surface area contributed by atoms with Crippen molar-refractivity contribution in [3.63, 3.8) is 0 Å². The van der Waals surface area contributed by atoms with E-state index in [1.54, 1.807) is 43.9 Å². The Labute approximate surface area is 227 Å². The zero-order chi connectivity index (χ0) is 28.1. The van der Waals surface area contributed by atoms with E-state index < -0.39 is 0 Å². The number of hydrogen-bond acceptors (Lipinski definition) is 7. The molecule has 0 spiro atoms. The summed E-state index contributed by atoms with van der Waals surface area (Å²) in [6.07, 6.45) is 12.1. The number of aliphatic imine (C=N–C) groups is 1. The van der Waals surface area contributed by atoms with Crippen LogP contribution >= 0.6 is 0 Å². The van der Waals surface area contributed by atoms with Crippen LogP contribution in [0.1, 0.15) is 36.6 Å². The van der Waals surface area contributed by atoms with E-state index in [9.17, 15) is 14.7 Å². The second-order valence-electron chi connectivity index (χ2n) is 9.70. The molecule has 0 radical (unpaired) electrons. The number of nitrogens with two attached hydrogens (primary N) is 1. The minimum atomic E-state index is -0.375. The summed E-state index contributed by atoms with van der Waals surface area (Å²) in [5.41, 5.74) is 10.4. The molecular formula is C29H35N7O3. The van der Waals surface area contributed by atoms with Gasteiger partial charge in [0, 0.05) is 68.8 Å². The summed E-state index contributed by atoms with van der Waals surface area (Å²) >= 11 is 0. The first-order valence-corrected chi connectivity index (χ1v) is 12.9. The van der Waals surface area contributed by atoms with Crippen LogP contribution < -0.4 is 16.6 Å². The fourth-order valence-electron chi connectivity index (χ4n) is 4.83. The highest BCUT2D eigenvalue weighted by Gasteiger charge is 2.19. The van der Waals surface area contributed by atoms with Gasteiger partial charge in [0.15, 0.2) is 6.29 Å². The second kappa shape index (κ2) is 12.0. The predicted octanol–water partition coefficient (Wildman–Crippen LogP) is 2.48. The molecule has 0 saturated carbocycles. The number of amidine groups is 1. The van der Waals surface area contributed by atoms with Crippen LogP contribution in [0.5, 0.6) is 0 Å². The Balaban J connectivity index is 1.86. The van der Waals surface area contributed by atoms with Crippen molar-refractivity contribution in [3.05, 3.63) is 87.5 Å². The average Bonchev–Trinajstić information content (AvgIpc) is 3.31. The van der Waals surface area contributed by atoms with Crippen molar-refractivity contribution in [3.8, 4) is 5.82 Å². The molecule has 0 unspecified atom stereocenters. The molecule has 4 heterocycles. The van der Waals surface area contributed by atoms with E-state index in [1.165, 1.54) is 4.57 Å². The predicted molar refractivity (Wildman–Crippen MR) is 154 cm³/mol. The number of aldehydes is 1. The number of hydrogen-bond donors (Lipinski definition) is 3. The molecule has 0 saturated heterocycles. The van der Waals surface area contributed by atoms with E-state index in [-0.39, 0.29) is 23.7 Å². The molecule has 204 valence electrons. The Morgan fingerprint density at radius 1 is 1.28 bits per heavy atom. The summed E-state index contributed by atoms with van der Waals surface area (Å²) in [7, 11) is 5.46. The standard InChI is InChI=1S/C29H35N7O3/c1-19(31-2)13-27(30)33-21(17-37)14-20(16-34(3)4)23-8-10-32-28(25(23)18-38)36-12-9-26-24(29(36)39)15-22-7-5-6-11-35(22)26/h8-10,12-17,31,38H,5-7,11,18H2,1-4H3,(H2,30,33)/b19-13-,20-16+,21-14+. The van der Waals surface area contributed by atoms with Crippen LogP contribution in [0.4, 0.5) is 0 Å². The molecule has 10 nitrogen and oxygen atoms in total. The molecule has 4 N–H and O–H groups in total. The van der Waals surface area contributed by atoms with Crippen LogP contribution in [0.3, 0.4) is 0 Å². The highest BCUT2D eigenvalue weighted by molar-refractivity contribution is 5.96. The lowest BCUT2D eigenvalue weighted by atomic mass is 10.0. The lowest BCUT2D eigenvalue weighted by molar-refractivity contribution is -0.104. The highest BCUT2D eigenvalue weighted by atomic mass is 16.3. The third-order valence-corrected chi connectivity index (χ3v) is 6.69. The van der Waals surface area contributed by atoms with E-state index in [0.29, 0.717) is 34.2 Å². The molecule has 1 aliphatic heterocycles. The number of pyridine rings is 2. The van der Waals surface area contributed by atoms with Crippen molar-refractivity contribution in [2.24, 2.45) is 10.7 Å². The number of aliphatic hydroxyl groups excluding tert-OH is 1. The fraction of sp³-hybridized carbons (Fsp3) is 0.310. The maximum absolute atomic E-state index is 13.6. The highest BCUT2D eigenvalue weighted by Crippen LogP contribution is 2.27. The third-order valence-electron chi connectivity index (χ3n) is 6.69. The summed E-state index contributed by atoms with van der Waals surface area (Å²) < 4.78 is 3.69. The quantitative estimate of drug-likeness (QED) is 0.128. The first kappa shape index (κ1) is 27.6. The molecule has 10 heteroatoms. The van der Waals surface area contributed by atoms with E-state index in [1.807, 2.05) is 38.1 Å². The maximum atomic E-state index is 13.6. The largest absolute Gasteiger partial charge is 0.392 e. The fourth-order valence-corrected chi connectivity index (χ4v) is 4.83. The number of aromatic nitrogens is 3. The van der Waals surface area contributed by atoms with E-state index in [4.69, 9.17) is 5.73 Å². The van der Waals surface area contributed by atoms with Crippen molar-refractivity contribution in [1.29, 1.82) is 0 Å². The SMILES string of the molecule is CN\C(C)=C/C(N)=N/C(C=O)=C/C(=C\N(C)C)c1ccnc(-n2ccc3c(cc4n3CCCC4)c2=O)c1CO. The van der Waals surface area contributed by atoms with Crippen LogP contribution in [0.15, 0.2) is 70.1 Å². The van der Waals surface area contributed by atoms with Gasteiger partial charge in [-0.1, -0.05) is 0 Å². The van der Waals surface area contributed by atoms with Crippen LogP contribution in [0.25, 0.3) is 22.3 Å². The van der Waals surface area contributed by atoms with Crippen LogP contribution in [-0.2, 0) is 24.4 Å². The van der Waals surface area contributed by atoms with Gasteiger partial charge in [-0.15, -0.1) is 0 Å². The molecule has 0 fully saturated rings. The van der Waals surface area contributed by atoms with Crippen LogP contribution in [0, 0.1) is 0 Å². The number of carbonyl (C=O) groups is 1. The Morgan fingerprint density at radius 2 is 2.08 bits per heavy atom. The van der Waals surface area contributed by atoms with Crippen molar-refractivity contribution in [2.75, 3.05) is 21.1 Å². The summed E-state index contributed by atoms with van der Waals surface area (Å²) in [4.78, 5) is 36.1. The first-order valence-electron chi connectivity index (χ1n) is 12.9. The Kier molecular flexibility index (Phi) is 8.46. The Morgan fingerprint density at radius 3 is 2.77 bits per heavy atom. The van der Waals surface area contributed by atoms with Crippen LogP contribution in [0.2, 0.25) is 0 Å². The lowest BCUT2D eigenvalue weighted by Gasteiger charge is -2.17. The van der Waals surface area contributed by atoms with Gasteiger partial charge in [-0.05, 0) is 62.1 Å². The number of aryl methyl sites for hydroxylation is 2. The van der Waals surface area contributed by atoms with Crippen molar-refractivity contribution >= 4 is 28.6 Å². The van der Waals surface area contributed by atoms with E-state index in [2.05, 4.69) is 19.9 Å². The number of carbonyl (C=O) groups excluding carboxylic acids is 1. The van der Waals surface area contributed by atoms with Crippen molar-refractivity contribution in [2.45, 2.75) is 39.3 Å². The van der Waals surface area contributed by atoms with Crippen molar-refractivity contribution in [1.82, 2.24) is 24.3 Å². The number of allylic oxidation sites excluding steroid dienone is 4. The monoisotopic (exact) mass is 529 g/mol. The summed E-state index contributed by atoms with van der Waals surface area (Å²) in [5, 5.41) is 14.1. The van der Waals surface area contributed by atoms with Gasteiger partial charge in [0.2, 0.25) is 0 Å². The molecule has 0 aliphatic carbocycles. The van der Waals surface area contributed by atoms with Gasteiger partial charge >= 0.3 is 0 Å². The molecule has 3 aromatic rings. The number of rotatable bonds is 9. The minimum absolute atomic E-state index is 0.0981. The second-order valence-corrected chi connectivity index (χ2v) is 9.70. The van der Waals surface area contributed by atoms with Crippen molar-refractivity contribution < 1.29 is 9.90 Å². The molecule has 3 aromatic heterocycles. The normalized spacial score (nSPS) is 14.9. The minimum Gasteiger partial charge on any atom is -0.392 e. The van der Waals surface area contributed by atoms with Gasteiger partial charge in [-0.25, -0.2) is 9.98 Å². The smallest absolute Gasteiger partial charge is 0.265 e. The van der Waals surface area contributed by atoms with E-state index >= 15 is 0 Å². The van der Waals surface area contributed by atoms with Gasteiger partial charge in [0.1, 0.15) is 17.4 Å². The molecule has 39 heavy (non-hydrogen) atoms. The number of aliphatic hydroxyl groups is 1. The van der Waals surface area contributed by atoms with Gasteiger partial charge in [-0.2, -0.15) is 0 Å². The third kappa shape index (κ3) is 5.85. The summed E-state index contributed by atoms with van der Waals surface area (Å²) in [5.74, 6) is 0.490. The summed E-state index contributed by atoms with van der Waals surface area (Å²) in [6, 6.07) is 5.64. The van der Waals surface area contributed by atoms with Gasteiger partial charge in [0.25, 0.3) is 5.56 Å². The Hall–Kier alpha value is -4.44. The average molecular weight is 530 g/mol. The van der Waals surface area contributed by atoms with Crippen LogP contribution in [-0.4, -0.2) is 57.4 Å². The summed E-state index contributed by atoms with van der Waals surface area (Å²) in [6.45, 7) is 2.36. The van der Waals surface area contributed by atoms with Gasteiger partial charge in [-0.3, -0.25) is 14.2 Å². The molecular weight excluding hydrogens is 494 g/mol. The maximum Gasteiger partial charge on any atom is 0.265 e. The zero-order valence-corrected chi connectivity index (χ0v) is 22.8. The van der Waals surface area contributed by atoms with Gasteiger partial charge in [0.05, 0.1) is 17.5 Å².